The zero-order valence-corrected chi connectivity index (χ0v) is 15.7. The van der Waals surface area contributed by atoms with E-state index in [9.17, 15) is 4.79 Å². The number of para-hydroxylation sites is 1. The molecule has 0 unspecified atom stereocenters. The standard InChI is InChI=1S/C24H22N2O2/c1-19-10-8-9-15-23(19)28-18-24(27)26-25-22(21-13-6-3-7-14-21)17-16-20-11-4-2-5-12-20/h2-17H,18H2,1H3,(H,26,27)/b17-16+,25-22-. The molecule has 28 heavy (non-hydrogen) atoms. The van der Waals surface area contributed by atoms with Crippen LogP contribution in [0, 0.1) is 6.92 Å². The molecule has 4 nitrogen and oxygen atoms in total. The molecule has 0 saturated heterocycles. The second-order valence-electron chi connectivity index (χ2n) is 6.20. The lowest BCUT2D eigenvalue weighted by Crippen LogP contribution is -2.25. The first-order chi connectivity index (χ1) is 13.7. The van der Waals surface area contributed by atoms with Crippen LogP contribution < -0.4 is 10.2 Å². The molecule has 0 fully saturated rings. The fourth-order valence-corrected chi connectivity index (χ4v) is 2.56. The summed E-state index contributed by atoms with van der Waals surface area (Å²) < 4.78 is 5.57. The van der Waals surface area contributed by atoms with Crippen LogP contribution in [0.2, 0.25) is 0 Å². The Balaban J connectivity index is 1.69. The Labute approximate surface area is 165 Å². The molecule has 0 bridgehead atoms. The molecule has 4 heteroatoms. The smallest absolute Gasteiger partial charge is 0.277 e. The summed E-state index contributed by atoms with van der Waals surface area (Å²) in [6.45, 7) is 1.84. The maximum Gasteiger partial charge on any atom is 0.277 e. The van der Waals surface area contributed by atoms with E-state index in [1.54, 1.807) is 0 Å². The second-order valence-corrected chi connectivity index (χ2v) is 6.20. The number of hydrazone groups is 1. The van der Waals surface area contributed by atoms with E-state index in [1.807, 2.05) is 104 Å². The van der Waals surface area contributed by atoms with Crippen LogP contribution in [0.3, 0.4) is 0 Å². The molecular formula is C24H22N2O2. The van der Waals surface area contributed by atoms with Gasteiger partial charge in [0.05, 0.1) is 5.71 Å². The van der Waals surface area contributed by atoms with Crippen molar-refractivity contribution in [1.82, 2.24) is 5.43 Å². The summed E-state index contributed by atoms with van der Waals surface area (Å²) in [5.74, 6) is 0.374. The Kier molecular flexibility index (Phi) is 6.74. The number of nitrogens with one attached hydrogen (secondary N) is 1. The van der Waals surface area contributed by atoms with E-state index in [1.165, 1.54) is 0 Å². The Morgan fingerprint density at radius 2 is 1.57 bits per heavy atom. The molecule has 0 spiro atoms. The molecule has 3 aromatic rings. The molecule has 0 aliphatic carbocycles. The van der Waals surface area contributed by atoms with Gasteiger partial charge in [-0.15, -0.1) is 0 Å². The monoisotopic (exact) mass is 370 g/mol. The maximum atomic E-state index is 12.2. The van der Waals surface area contributed by atoms with Gasteiger partial charge >= 0.3 is 0 Å². The van der Waals surface area contributed by atoms with Gasteiger partial charge in [0.25, 0.3) is 5.91 Å². The van der Waals surface area contributed by atoms with Gasteiger partial charge < -0.3 is 4.74 Å². The Morgan fingerprint density at radius 3 is 2.29 bits per heavy atom. The third-order valence-corrected chi connectivity index (χ3v) is 4.06. The summed E-state index contributed by atoms with van der Waals surface area (Å²) in [6, 6.07) is 27.2. The number of ether oxygens (including phenoxy) is 1. The van der Waals surface area contributed by atoms with E-state index in [-0.39, 0.29) is 12.5 Å². The molecule has 0 radical (unpaired) electrons. The van der Waals surface area contributed by atoms with Crippen molar-refractivity contribution < 1.29 is 9.53 Å². The molecule has 3 aromatic carbocycles. The molecule has 0 saturated carbocycles. The molecule has 3 rings (SSSR count). The first-order valence-corrected chi connectivity index (χ1v) is 9.06. The highest BCUT2D eigenvalue weighted by atomic mass is 16.5. The molecule has 0 aliphatic heterocycles. The number of allylic oxidation sites excluding steroid dienone is 1. The first-order valence-electron chi connectivity index (χ1n) is 9.06. The number of carbonyl (C=O) groups is 1. The van der Waals surface area contributed by atoms with Crippen LogP contribution in [0.1, 0.15) is 16.7 Å². The summed E-state index contributed by atoms with van der Waals surface area (Å²) >= 11 is 0. The maximum absolute atomic E-state index is 12.2. The van der Waals surface area contributed by atoms with Gasteiger partial charge in [0.15, 0.2) is 6.61 Å². The van der Waals surface area contributed by atoms with Gasteiger partial charge in [-0.25, -0.2) is 5.43 Å². The van der Waals surface area contributed by atoms with Crippen molar-refractivity contribution in [3.05, 3.63) is 108 Å². The topological polar surface area (TPSA) is 50.7 Å². The van der Waals surface area contributed by atoms with Gasteiger partial charge in [0.2, 0.25) is 0 Å². The fraction of sp³-hybridized carbons (Fsp3) is 0.0833. The lowest BCUT2D eigenvalue weighted by Gasteiger charge is -2.08. The third-order valence-electron chi connectivity index (χ3n) is 4.06. The molecule has 140 valence electrons. The first kappa shape index (κ1) is 19.1. The fourth-order valence-electron chi connectivity index (χ4n) is 2.56. The Bertz CT molecular complexity index is 964. The molecule has 0 aromatic heterocycles. The molecule has 1 amide bonds. The van der Waals surface area contributed by atoms with E-state index < -0.39 is 0 Å². The molecule has 0 heterocycles. The van der Waals surface area contributed by atoms with Crippen molar-refractivity contribution in [3.63, 3.8) is 0 Å². The van der Waals surface area contributed by atoms with E-state index >= 15 is 0 Å². The summed E-state index contributed by atoms with van der Waals surface area (Å²) in [7, 11) is 0. The zero-order chi connectivity index (χ0) is 19.6. The average Bonchev–Trinajstić information content (AvgIpc) is 2.74. The van der Waals surface area contributed by atoms with Gasteiger partial charge in [-0.2, -0.15) is 5.10 Å². The van der Waals surface area contributed by atoms with Gasteiger partial charge in [0.1, 0.15) is 5.75 Å². The molecule has 0 atom stereocenters. The highest BCUT2D eigenvalue weighted by Crippen LogP contribution is 2.15. The van der Waals surface area contributed by atoms with Crippen molar-refractivity contribution in [3.8, 4) is 5.75 Å². The number of aryl methyl sites for hydroxylation is 1. The summed E-state index contributed by atoms with van der Waals surface area (Å²) in [5.41, 5.74) is 6.19. The quantitative estimate of drug-likeness (QED) is 0.488. The van der Waals surface area contributed by atoms with Crippen LogP contribution in [-0.4, -0.2) is 18.2 Å². The minimum absolute atomic E-state index is 0.0984. The number of hydrogen-bond donors (Lipinski definition) is 1. The average molecular weight is 370 g/mol. The lowest BCUT2D eigenvalue weighted by atomic mass is 10.1. The zero-order valence-electron chi connectivity index (χ0n) is 15.7. The van der Waals surface area contributed by atoms with Gasteiger partial charge in [-0.05, 0) is 30.2 Å². The van der Waals surface area contributed by atoms with Gasteiger partial charge in [-0.3, -0.25) is 4.79 Å². The van der Waals surface area contributed by atoms with E-state index in [0.29, 0.717) is 11.5 Å². The minimum atomic E-state index is -0.315. The van der Waals surface area contributed by atoms with Crippen LogP contribution in [0.25, 0.3) is 6.08 Å². The highest BCUT2D eigenvalue weighted by molar-refractivity contribution is 6.11. The van der Waals surface area contributed by atoms with E-state index in [4.69, 9.17) is 4.74 Å². The number of carbonyl (C=O) groups excluding carboxylic acids is 1. The SMILES string of the molecule is Cc1ccccc1OCC(=O)N/N=C(/C=C/c1ccccc1)c1ccccc1. The number of nitrogens with zero attached hydrogens (tertiary/aromatic N) is 1. The van der Waals surface area contributed by atoms with Crippen LogP contribution >= 0.6 is 0 Å². The lowest BCUT2D eigenvalue weighted by molar-refractivity contribution is -0.123. The summed E-state index contributed by atoms with van der Waals surface area (Å²) in [6.07, 6.45) is 3.84. The van der Waals surface area contributed by atoms with Crippen LogP contribution in [0.4, 0.5) is 0 Å². The van der Waals surface area contributed by atoms with E-state index in [2.05, 4.69) is 10.5 Å². The number of hydrogen-bond acceptors (Lipinski definition) is 3. The van der Waals surface area contributed by atoms with Gasteiger partial charge in [-0.1, -0.05) is 84.9 Å². The Morgan fingerprint density at radius 1 is 0.929 bits per heavy atom. The Hall–Kier alpha value is -3.66. The van der Waals surface area contributed by atoms with Gasteiger partial charge in [0, 0.05) is 5.56 Å². The highest BCUT2D eigenvalue weighted by Gasteiger charge is 2.05. The predicted octanol–water partition coefficient (Wildman–Crippen LogP) is 4.61. The number of amides is 1. The minimum Gasteiger partial charge on any atom is -0.483 e. The van der Waals surface area contributed by atoms with Crippen LogP contribution in [0.15, 0.2) is 96.1 Å². The van der Waals surface area contributed by atoms with Crippen molar-refractivity contribution in [2.24, 2.45) is 5.10 Å². The van der Waals surface area contributed by atoms with Crippen molar-refractivity contribution in [1.29, 1.82) is 0 Å². The van der Waals surface area contributed by atoms with Crippen LogP contribution in [-0.2, 0) is 4.79 Å². The van der Waals surface area contributed by atoms with Crippen molar-refractivity contribution in [2.45, 2.75) is 6.92 Å². The second kappa shape index (κ2) is 9.88. The van der Waals surface area contributed by atoms with Crippen molar-refractivity contribution in [2.75, 3.05) is 6.61 Å². The van der Waals surface area contributed by atoms with Crippen LogP contribution in [0.5, 0.6) is 5.75 Å². The summed E-state index contributed by atoms with van der Waals surface area (Å²) in [4.78, 5) is 12.2. The summed E-state index contributed by atoms with van der Waals surface area (Å²) in [5, 5.41) is 4.29. The molecule has 0 aliphatic rings. The number of rotatable bonds is 7. The molecular weight excluding hydrogens is 348 g/mol. The predicted molar refractivity (Wildman–Crippen MR) is 113 cm³/mol. The third kappa shape index (κ3) is 5.68. The number of benzene rings is 3. The van der Waals surface area contributed by atoms with E-state index in [0.717, 1.165) is 16.7 Å². The largest absolute Gasteiger partial charge is 0.483 e. The molecule has 1 N–H and O–H groups in total. The normalized spacial score (nSPS) is 11.4. The van der Waals surface area contributed by atoms with Crippen molar-refractivity contribution >= 4 is 17.7 Å².